The fourth-order valence-electron chi connectivity index (χ4n) is 11.2. The Kier molecular flexibility index (Phi) is 42.3. The summed E-state index contributed by atoms with van der Waals surface area (Å²) in [4.78, 5) is 27.4. The molecule has 0 bridgehead atoms. The van der Waals surface area contributed by atoms with Gasteiger partial charge in [-0.25, -0.2) is 13.2 Å². The molecular weight excluding hydrogens is 1020 g/mol. The quantitative estimate of drug-likeness (QED) is 0.00963. The van der Waals surface area contributed by atoms with E-state index in [4.69, 9.17) is 23.7 Å². The van der Waals surface area contributed by atoms with Crippen molar-refractivity contribution in [1.82, 2.24) is 0 Å². The van der Waals surface area contributed by atoms with Crippen molar-refractivity contribution < 1.29 is 106 Å². The maximum Gasteiger partial charge on any atom is 1.00 e. The van der Waals surface area contributed by atoms with Crippen molar-refractivity contribution in [1.29, 1.82) is 0 Å². The first kappa shape index (κ1) is 74.2. The number of hydrogen-bond donors (Lipinski definition) is 5. The molecule has 0 aromatic rings. The summed E-state index contributed by atoms with van der Waals surface area (Å²) in [6, 6.07) is 0. The van der Waals surface area contributed by atoms with E-state index in [9.17, 15) is 48.1 Å². The third-order valence-electron chi connectivity index (χ3n) is 15.4. The smallest absolute Gasteiger partial charge is 0.726 e. The minimum atomic E-state index is -5.56. The molecule has 16 nitrogen and oxygen atoms in total. The van der Waals surface area contributed by atoms with Gasteiger partial charge in [0.25, 0.3) is 0 Å². The molecule has 0 unspecified atom stereocenters. The van der Waals surface area contributed by atoms with Crippen LogP contribution in [-0.4, -0.2) is 125 Å². The van der Waals surface area contributed by atoms with Crippen LogP contribution in [0.4, 0.5) is 0 Å². The van der Waals surface area contributed by atoms with Crippen LogP contribution in [0.5, 0.6) is 0 Å². The van der Waals surface area contributed by atoms with Crippen LogP contribution in [0, 0.1) is 23.7 Å². The predicted octanol–water partition coefficient (Wildman–Crippen LogP) is 8.21. The van der Waals surface area contributed by atoms with E-state index in [1.165, 1.54) is 148 Å². The van der Waals surface area contributed by atoms with Crippen LogP contribution in [0.1, 0.15) is 254 Å². The van der Waals surface area contributed by atoms with Gasteiger partial charge in [-0.15, -0.1) is 0 Å². The molecule has 0 aliphatic carbocycles. The fraction of sp³-hybridized carbons (Fsp3) is 0.932. The first-order valence-electron chi connectivity index (χ1n) is 30.3. The number of carbonyl (C=O) groups is 2. The molecule has 0 spiro atoms. The van der Waals surface area contributed by atoms with Crippen LogP contribution in [0.25, 0.3) is 0 Å². The predicted molar refractivity (Wildman–Crippen MR) is 294 cm³/mol. The van der Waals surface area contributed by atoms with Crippen molar-refractivity contribution >= 4 is 22.3 Å². The van der Waals surface area contributed by atoms with Gasteiger partial charge in [-0.3, -0.25) is 8.98 Å². The van der Waals surface area contributed by atoms with Gasteiger partial charge in [-0.1, -0.05) is 221 Å². The summed E-state index contributed by atoms with van der Waals surface area (Å²) in [5, 5.41) is 53.0. The minimum absolute atomic E-state index is 0. The number of hydrogen-bond acceptors (Lipinski definition) is 16. The molecule has 0 amide bonds. The van der Waals surface area contributed by atoms with E-state index in [1.807, 2.05) is 6.92 Å². The normalized spacial score (nSPS) is 25.6. The SMILES string of the molecule is CCCCCCCCCCCCCCCC[C@H](C)C[C@H](C)C[C@H](C)C[C@H](C)/C=C(\C)C(=O)O[C@H]1[C@H](O)[C@@H](CO)O[C@H](O[C@H]2O[C@H](CO)[C@@H](O)[C@H](O)[C@H]2OS(=O)(=O)[O-])[C@@H]1OC(=O)CCCCCCCCCCCCCCC.[Na+]. The Morgan fingerprint density at radius 1 is 0.545 bits per heavy atom. The molecule has 0 saturated carbocycles. The van der Waals surface area contributed by atoms with E-state index in [1.54, 1.807) is 13.0 Å². The summed E-state index contributed by atoms with van der Waals surface area (Å²) in [5.41, 5.74) is 0.218. The molecule has 0 aromatic heterocycles. The summed E-state index contributed by atoms with van der Waals surface area (Å²) in [6.45, 7) is 13.2. The molecule has 2 fully saturated rings. The monoisotopic (exact) mass is 1130 g/mol. The van der Waals surface area contributed by atoms with Gasteiger partial charge in [0.1, 0.15) is 30.5 Å². The zero-order chi connectivity index (χ0) is 56.3. The number of rotatable bonds is 45. The number of carbonyl (C=O) groups excluding carboxylic acids is 2. The second-order valence-electron chi connectivity index (χ2n) is 23.1. The zero-order valence-corrected chi connectivity index (χ0v) is 52.2. The topological polar surface area (TPSA) is 248 Å². The summed E-state index contributed by atoms with van der Waals surface area (Å²) >= 11 is 0. The first-order valence-corrected chi connectivity index (χ1v) is 31.6. The Morgan fingerprint density at radius 3 is 1.40 bits per heavy atom. The van der Waals surface area contributed by atoms with Gasteiger partial charge in [-0.05, 0) is 56.3 Å². The Balaban J connectivity index is 0.0000296. The standard InChI is InChI=1S/C59H110O16S.Na/c1-8-10-12-14-16-18-20-22-24-25-27-29-31-33-35-43(3)37-44(4)38-45(5)39-46(6)40-47(7)57(66)73-54-52(64)49(42-61)71-59(74-58-55(75-76(67,68)69)53(65)51(63)48(41-60)70-58)56(54)72-50(62)36-34-32-30-28-26-23-21-19-17-15-13-11-9-2;/h40,43-46,48-49,51-56,58-61,63-65H,8-39,41-42H2,1-7H3,(H,67,68,69);/q;+1/p-1/b47-40+;/t43-,44-,45-,46-,48+,49+,51+,52+,53-,54-,55+,56+,58+,59+;/m0./s1. The molecule has 2 aliphatic heterocycles. The second-order valence-corrected chi connectivity index (χ2v) is 24.1. The number of allylic oxidation sites excluding steroid dienone is 1. The van der Waals surface area contributed by atoms with Crippen LogP contribution in [-0.2, 0) is 47.9 Å². The van der Waals surface area contributed by atoms with E-state index in [2.05, 4.69) is 38.8 Å². The molecule has 77 heavy (non-hydrogen) atoms. The van der Waals surface area contributed by atoms with Crippen molar-refractivity contribution in [2.75, 3.05) is 13.2 Å². The maximum atomic E-state index is 13.9. The molecule has 18 heteroatoms. The number of aliphatic hydroxyl groups excluding tert-OH is 5. The van der Waals surface area contributed by atoms with Crippen molar-refractivity contribution in [2.24, 2.45) is 23.7 Å². The van der Waals surface area contributed by atoms with Crippen molar-refractivity contribution in [3.05, 3.63) is 11.6 Å². The van der Waals surface area contributed by atoms with Gasteiger partial charge in [0.15, 0.2) is 24.6 Å². The van der Waals surface area contributed by atoms with E-state index < -0.39 is 97.0 Å². The van der Waals surface area contributed by atoms with Crippen molar-refractivity contribution in [3.8, 4) is 0 Å². The molecular formula is C59H109NaO16S. The summed E-state index contributed by atoms with van der Waals surface area (Å²) in [6.07, 6.45) is 20.6. The Labute approximate surface area is 488 Å². The summed E-state index contributed by atoms with van der Waals surface area (Å²) in [7, 11) is -5.56. The van der Waals surface area contributed by atoms with Gasteiger partial charge >= 0.3 is 41.5 Å². The molecule has 0 radical (unpaired) electrons. The zero-order valence-electron chi connectivity index (χ0n) is 49.3. The average Bonchev–Trinajstić information content (AvgIpc) is 3.36. The van der Waals surface area contributed by atoms with Gasteiger partial charge < -0.3 is 53.8 Å². The van der Waals surface area contributed by atoms with Gasteiger partial charge in [-0.2, -0.15) is 0 Å². The molecule has 5 N–H and O–H groups in total. The molecule has 2 rings (SSSR count). The van der Waals surface area contributed by atoms with Crippen molar-refractivity contribution in [2.45, 2.75) is 315 Å². The molecule has 2 saturated heterocycles. The Hall–Kier alpha value is -0.770. The Morgan fingerprint density at radius 2 is 0.948 bits per heavy atom. The van der Waals surface area contributed by atoms with Crippen LogP contribution in [0.2, 0.25) is 0 Å². The molecule has 448 valence electrons. The number of ether oxygens (including phenoxy) is 5. The fourth-order valence-corrected chi connectivity index (χ4v) is 11.7. The largest absolute Gasteiger partial charge is 1.00 e. The van der Waals surface area contributed by atoms with E-state index in [-0.39, 0.29) is 47.5 Å². The van der Waals surface area contributed by atoms with Crippen LogP contribution < -0.4 is 29.6 Å². The summed E-state index contributed by atoms with van der Waals surface area (Å²) < 4.78 is 68.8. The van der Waals surface area contributed by atoms with E-state index in [0.29, 0.717) is 24.2 Å². The third kappa shape index (κ3) is 32.6. The van der Waals surface area contributed by atoms with Gasteiger partial charge in [0.2, 0.25) is 16.7 Å². The van der Waals surface area contributed by atoms with Crippen LogP contribution in [0.15, 0.2) is 11.6 Å². The number of aliphatic hydroxyl groups is 5. The van der Waals surface area contributed by atoms with E-state index >= 15 is 0 Å². The minimum Gasteiger partial charge on any atom is -0.726 e. The molecule has 0 aromatic carbocycles. The molecule has 2 heterocycles. The van der Waals surface area contributed by atoms with Gasteiger partial charge in [0, 0.05) is 12.0 Å². The van der Waals surface area contributed by atoms with Crippen LogP contribution in [0.3, 0.4) is 0 Å². The van der Waals surface area contributed by atoms with E-state index in [0.717, 1.165) is 44.9 Å². The maximum absolute atomic E-state index is 13.9. The molecule has 14 atom stereocenters. The molecule has 2 aliphatic rings. The number of unbranched alkanes of at least 4 members (excludes halogenated alkanes) is 25. The number of esters is 2. The van der Waals surface area contributed by atoms with Crippen LogP contribution >= 0.6 is 0 Å². The Bertz CT molecular complexity index is 1640. The van der Waals surface area contributed by atoms with Gasteiger partial charge in [0.05, 0.1) is 13.2 Å². The average molecular weight is 1130 g/mol. The third-order valence-corrected chi connectivity index (χ3v) is 15.9. The first-order chi connectivity index (χ1) is 36.3. The van der Waals surface area contributed by atoms with Crippen molar-refractivity contribution in [3.63, 3.8) is 0 Å². The summed E-state index contributed by atoms with van der Waals surface area (Å²) in [5.74, 6) is -0.0808. The second kappa shape index (κ2) is 43.8.